The van der Waals surface area contributed by atoms with Gasteiger partial charge in [0.05, 0.1) is 6.04 Å². The number of rotatable bonds is 2. The maximum Gasteiger partial charge on any atom is 0.235 e. The van der Waals surface area contributed by atoms with Crippen LogP contribution in [0.5, 0.6) is 0 Å². The highest BCUT2D eigenvalue weighted by Crippen LogP contribution is 2.13. The number of halogens is 1. The van der Waals surface area contributed by atoms with Gasteiger partial charge in [-0.05, 0) is 18.6 Å². The van der Waals surface area contributed by atoms with Crippen molar-refractivity contribution >= 4 is 6.08 Å². The standard InChI is InChI=1S/C8H7FN2O/c1-6(11-5-12)7-2-3-8(9)10-4-7/h2-4,6H,1H3. The molecular formula is C8H7FN2O. The molecule has 1 heterocycles. The summed E-state index contributed by atoms with van der Waals surface area (Å²) in [7, 11) is 0. The Labute approximate surface area is 69.0 Å². The van der Waals surface area contributed by atoms with Crippen molar-refractivity contribution in [3.8, 4) is 0 Å². The Balaban J connectivity index is 2.89. The van der Waals surface area contributed by atoms with Crippen LogP contribution < -0.4 is 0 Å². The molecule has 0 aromatic carbocycles. The van der Waals surface area contributed by atoms with Crippen molar-refractivity contribution in [1.82, 2.24) is 4.98 Å². The van der Waals surface area contributed by atoms with Crippen LogP contribution in [-0.4, -0.2) is 11.1 Å². The van der Waals surface area contributed by atoms with Gasteiger partial charge in [0.25, 0.3) is 0 Å². The van der Waals surface area contributed by atoms with Gasteiger partial charge in [0.2, 0.25) is 12.0 Å². The molecule has 0 amide bonds. The van der Waals surface area contributed by atoms with Crippen LogP contribution in [0.3, 0.4) is 0 Å². The van der Waals surface area contributed by atoms with Crippen LogP contribution in [0.2, 0.25) is 0 Å². The number of hydrogen-bond acceptors (Lipinski definition) is 3. The van der Waals surface area contributed by atoms with Crippen LogP contribution in [-0.2, 0) is 4.79 Å². The summed E-state index contributed by atoms with van der Waals surface area (Å²) in [5, 5.41) is 0. The Morgan fingerprint density at radius 1 is 1.67 bits per heavy atom. The number of pyridine rings is 1. The maximum absolute atomic E-state index is 12.3. The zero-order valence-electron chi connectivity index (χ0n) is 6.49. The lowest BCUT2D eigenvalue weighted by atomic mass is 10.1. The highest BCUT2D eigenvalue weighted by atomic mass is 19.1. The molecule has 0 bridgehead atoms. The van der Waals surface area contributed by atoms with Gasteiger partial charge in [0.1, 0.15) is 0 Å². The fraction of sp³-hybridized carbons (Fsp3) is 0.250. The van der Waals surface area contributed by atoms with Crippen LogP contribution >= 0.6 is 0 Å². The van der Waals surface area contributed by atoms with E-state index in [0.717, 1.165) is 0 Å². The predicted octanol–water partition coefficient (Wildman–Crippen LogP) is 1.62. The van der Waals surface area contributed by atoms with Gasteiger partial charge < -0.3 is 0 Å². The van der Waals surface area contributed by atoms with Crippen LogP contribution in [0, 0.1) is 5.95 Å². The summed E-state index contributed by atoms with van der Waals surface area (Å²) in [5.41, 5.74) is 0.694. The molecule has 0 fully saturated rings. The molecule has 3 nitrogen and oxygen atoms in total. The average Bonchev–Trinajstić information content (AvgIpc) is 2.06. The van der Waals surface area contributed by atoms with E-state index in [-0.39, 0.29) is 6.04 Å². The molecule has 0 aliphatic heterocycles. The molecule has 0 N–H and O–H groups in total. The van der Waals surface area contributed by atoms with Crippen molar-refractivity contribution in [3.05, 3.63) is 29.8 Å². The van der Waals surface area contributed by atoms with E-state index in [4.69, 9.17) is 0 Å². The summed E-state index contributed by atoms with van der Waals surface area (Å²) in [6.45, 7) is 1.71. The van der Waals surface area contributed by atoms with E-state index in [2.05, 4.69) is 9.98 Å². The van der Waals surface area contributed by atoms with Crippen molar-refractivity contribution in [2.45, 2.75) is 13.0 Å². The first-order valence-corrected chi connectivity index (χ1v) is 3.42. The Morgan fingerprint density at radius 2 is 2.42 bits per heavy atom. The molecule has 1 aromatic heterocycles. The van der Waals surface area contributed by atoms with Crippen molar-refractivity contribution in [3.63, 3.8) is 0 Å². The highest BCUT2D eigenvalue weighted by Gasteiger charge is 2.02. The third kappa shape index (κ3) is 1.97. The molecule has 0 aliphatic rings. The number of aromatic nitrogens is 1. The topological polar surface area (TPSA) is 42.3 Å². The highest BCUT2D eigenvalue weighted by molar-refractivity contribution is 5.34. The fourth-order valence-corrected chi connectivity index (χ4v) is 0.788. The number of hydrogen-bond donors (Lipinski definition) is 0. The first kappa shape index (κ1) is 8.56. The quantitative estimate of drug-likeness (QED) is 0.380. The van der Waals surface area contributed by atoms with Crippen LogP contribution in [0.4, 0.5) is 4.39 Å². The summed E-state index contributed by atoms with van der Waals surface area (Å²) >= 11 is 0. The second kappa shape index (κ2) is 3.74. The van der Waals surface area contributed by atoms with Gasteiger partial charge in [-0.3, -0.25) is 0 Å². The smallest absolute Gasteiger partial charge is 0.228 e. The predicted molar refractivity (Wildman–Crippen MR) is 40.7 cm³/mol. The molecular weight excluding hydrogens is 159 g/mol. The third-order valence-corrected chi connectivity index (χ3v) is 1.48. The molecule has 12 heavy (non-hydrogen) atoms. The Hall–Kier alpha value is -1.54. The first-order chi connectivity index (χ1) is 5.74. The van der Waals surface area contributed by atoms with E-state index < -0.39 is 5.95 Å². The van der Waals surface area contributed by atoms with E-state index >= 15 is 0 Å². The summed E-state index contributed by atoms with van der Waals surface area (Å²) in [6.07, 6.45) is 2.78. The molecule has 0 aliphatic carbocycles. The van der Waals surface area contributed by atoms with Gasteiger partial charge in [0, 0.05) is 6.20 Å². The van der Waals surface area contributed by atoms with Crippen LogP contribution in [0.25, 0.3) is 0 Å². The minimum atomic E-state index is -0.541. The first-order valence-electron chi connectivity index (χ1n) is 3.42. The molecule has 62 valence electrons. The molecule has 0 saturated carbocycles. The molecule has 0 saturated heterocycles. The summed E-state index contributed by atoms with van der Waals surface area (Å²) in [6, 6.07) is 2.45. The second-order valence-electron chi connectivity index (χ2n) is 2.31. The zero-order chi connectivity index (χ0) is 8.97. The molecule has 0 spiro atoms. The maximum atomic E-state index is 12.3. The Bertz CT molecular complexity index is 303. The average molecular weight is 166 g/mol. The molecule has 1 unspecified atom stereocenters. The SMILES string of the molecule is CC(N=C=O)c1ccc(F)nc1. The molecule has 1 aromatic rings. The monoisotopic (exact) mass is 166 g/mol. The van der Waals surface area contributed by atoms with E-state index in [0.29, 0.717) is 5.56 Å². The zero-order valence-corrected chi connectivity index (χ0v) is 6.49. The normalized spacial score (nSPS) is 11.8. The number of nitrogens with zero attached hydrogens (tertiary/aromatic N) is 2. The van der Waals surface area contributed by atoms with Crippen molar-refractivity contribution in [1.29, 1.82) is 0 Å². The minimum Gasteiger partial charge on any atom is -0.228 e. The summed E-state index contributed by atoms with van der Waals surface area (Å²) in [4.78, 5) is 16.8. The van der Waals surface area contributed by atoms with Crippen LogP contribution in [0.15, 0.2) is 23.3 Å². The lowest BCUT2D eigenvalue weighted by molar-refractivity contribution is 0.559. The lowest BCUT2D eigenvalue weighted by Crippen LogP contribution is -1.91. The molecule has 4 heteroatoms. The number of carbonyl (C=O) groups excluding carboxylic acids is 1. The minimum absolute atomic E-state index is 0.310. The lowest BCUT2D eigenvalue weighted by Gasteiger charge is -2.01. The molecule has 1 atom stereocenters. The van der Waals surface area contributed by atoms with E-state index in [1.165, 1.54) is 24.4 Å². The summed E-state index contributed by atoms with van der Waals surface area (Å²) < 4.78 is 12.3. The molecule has 1 rings (SSSR count). The molecule has 0 radical (unpaired) electrons. The van der Waals surface area contributed by atoms with Crippen LogP contribution in [0.1, 0.15) is 18.5 Å². The van der Waals surface area contributed by atoms with E-state index in [1.54, 1.807) is 6.92 Å². The van der Waals surface area contributed by atoms with Gasteiger partial charge in [-0.1, -0.05) is 6.07 Å². The Morgan fingerprint density at radius 3 is 2.92 bits per heavy atom. The van der Waals surface area contributed by atoms with Gasteiger partial charge >= 0.3 is 0 Å². The Kier molecular flexibility index (Phi) is 2.66. The van der Waals surface area contributed by atoms with Gasteiger partial charge in [-0.15, -0.1) is 0 Å². The number of aliphatic imine (C=N–C) groups is 1. The van der Waals surface area contributed by atoms with E-state index in [9.17, 15) is 9.18 Å². The second-order valence-corrected chi connectivity index (χ2v) is 2.31. The number of isocyanates is 1. The fourth-order valence-electron chi connectivity index (χ4n) is 0.788. The van der Waals surface area contributed by atoms with Gasteiger partial charge in [0.15, 0.2) is 0 Å². The van der Waals surface area contributed by atoms with Crippen molar-refractivity contribution in [2.75, 3.05) is 0 Å². The van der Waals surface area contributed by atoms with Gasteiger partial charge in [-0.2, -0.15) is 9.38 Å². The van der Waals surface area contributed by atoms with Gasteiger partial charge in [-0.25, -0.2) is 9.78 Å². The van der Waals surface area contributed by atoms with Crippen molar-refractivity contribution < 1.29 is 9.18 Å². The largest absolute Gasteiger partial charge is 0.235 e. The van der Waals surface area contributed by atoms with Crippen molar-refractivity contribution in [2.24, 2.45) is 4.99 Å². The van der Waals surface area contributed by atoms with E-state index in [1.807, 2.05) is 0 Å². The third-order valence-electron chi connectivity index (χ3n) is 1.48. The summed E-state index contributed by atoms with van der Waals surface area (Å²) in [5.74, 6) is -0.541.